The Hall–Kier alpha value is -0.830. The van der Waals surface area contributed by atoms with Crippen LogP contribution < -0.4 is 0 Å². The molecule has 0 aliphatic carbocycles. The summed E-state index contributed by atoms with van der Waals surface area (Å²) >= 11 is 0. The fraction of sp³-hybridized carbons (Fsp3) is 0.875. The number of aliphatic hydroxyl groups is 1. The highest BCUT2D eigenvalue weighted by Crippen LogP contribution is 2.11. The predicted molar refractivity (Wildman–Crippen MR) is 116 cm³/mol. The van der Waals surface area contributed by atoms with Gasteiger partial charge in [0.2, 0.25) is 0 Å². The molecule has 0 aromatic rings. The SMILES string of the molecule is CCCCCCOC(=O)CCCCCCC/C=C/C[C@H](O)CCCCCC. The Morgan fingerprint density at radius 3 is 2.19 bits per heavy atom. The first-order valence-corrected chi connectivity index (χ1v) is 11.7. The standard InChI is InChI=1S/C24H46O3/c1-3-5-7-15-19-23(25)20-16-13-11-9-10-12-14-17-21-24(26)27-22-18-8-6-4-2/h13,16,23,25H,3-12,14-15,17-22H2,1-2H3/b16-13+/t23-/m1/s1. The second-order valence-corrected chi connectivity index (χ2v) is 7.80. The highest BCUT2D eigenvalue weighted by atomic mass is 16.5. The van der Waals surface area contributed by atoms with Gasteiger partial charge in [-0.15, -0.1) is 0 Å². The summed E-state index contributed by atoms with van der Waals surface area (Å²) in [7, 11) is 0. The Balaban J connectivity index is 3.30. The number of ether oxygens (including phenoxy) is 1. The first kappa shape index (κ1) is 26.2. The summed E-state index contributed by atoms with van der Waals surface area (Å²) < 4.78 is 5.25. The summed E-state index contributed by atoms with van der Waals surface area (Å²) in [6.07, 6.45) is 22.8. The van der Waals surface area contributed by atoms with Crippen molar-refractivity contribution in [3.63, 3.8) is 0 Å². The average molecular weight is 383 g/mol. The van der Waals surface area contributed by atoms with Gasteiger partial charge in [-0.05, 0) is 38.5 Å². The highest BCUT2D eigenvalue weighted by Gasteiger charge is 2.02. The number of carbonyl (C=O) groups excluding carboxylic acids is 1. The number of hydrogen-bond donors (Lipinski definition) is 1. The summed E-state index contributed by atoms with van der Waals surface area (Å²) in [5.74, 6) is -0.0253. The molecule has 0 rings (SSSR count). The molecule has 0 bridgehead atoms. The van der Waals surface area contributed by atoms with Gasteiger partial charge >= 0.3 is 5.97 Å². The molecule has 0 aliphatic rings. The summed E-state index contributed by atoms with van der Waals surface area (Å²) in [5.41, 5.74) is 0. The van der Waals surface area contributed by atoms with Crippen LogP contribution in [0.5, 0.6) is 0 Å². The monoisotopic (exact) mass is 382 g/mol. The zero-order chi connectivity index (χ0) is 20.0. The van der Waals surface area contributed by atoms with Gasteiger partial charge in [0.25, 0.3) is 0 Å². The normalized spacial score (nSPS) is 12.6. The molecular weight excluding hydrogens is 336 g/mol. The molecule has 1 N–H and O–H groups in total. The van der Waals surface area contributed by atoms with Crippen LogP contribution in [0.2, 0.25) is 0 Å². The third-order valence-electron chi connectivity index (χ3n) is 4.98. The van der Waals surface area contributed by atoms with Crippen molar-refractivity contribution in [1.82, 2.24) is 0 Å². The third kappa shape index (κ3) is 21.3. The van der Waals surface area contributed by atoms with E-state index in [-0.39, 0.29) is 12.1 Å². The number of unbranched alkanes of at least 4 members (excludes halogenated alkanes) is 11. The van der Waals surface area contributed by atoms with Crippen LogP contribution in [0.15, 0.2) is 12.2 Å². The molecule has 0 saturated heterocycles. The molecule has 0 fully saturated rings. The number of allylic oxidation sites excluding steroid dienone is 1. The van der Waals surface area contributed by atoms with E-state index in [0.29, 0.717) is 13.0 Å². The van der Waals surface area contributed by atoms with Gasteiger partial charge in [-0.2, -0.15) is 0 Å². The Morgan fingerprint density at radius 1 is 0.815 bits per heavy atom. The van der Waals surface area contributed by atoms with Crippen LogP contribution >= 0.6 is 0 Å². The number of rotatable bonds is 20. The minimum Gasteiger partial charge on any atom is -0.466 e. The van der Waals surface area contributed by atoms with Gasteiger partial charge in [-0.25, -0.2) is 0 Å². The van der Waals surface area contributed by atoms with E-state index < -0.39 is 0 Å². The van der Waals surface area contributed by atoms with E-state index in [2.05, 4.69) is 26.0 Å². The van der Waals surface area contributed by atoms with E-state index in [1.54, 1.807) is 0 Å². The number of esters is 1. The van der Waals surface area contributed by atoms with Crippen molar-refractivity contribution < 1.29 is 14.6 Å². The summed E-state index contributed by atoms with van der Waals surface area (Å²) in [4.78, 5) is 11.6. The smallest absolute Gasteiger partial charge is 0.305 e. The maximum Gasteiger partial charge on any atom is 0.305 e. The van der Waals surface area contributed by atoms with Crippen LogP contribution in [0.25, 0.3) is 0 Å². The van der Waals surface area contributed by atoms with Gasteiger partial charge in [0, 0.05) is 6.42 Å². The lowest BCUT2D eigenvalue weighted by molar-refractivity contribution is -0.143. The molecular formula is C24H46O3. The van der Waals surface area contributed by atoms with Crippen LogP contribution in [0, 0.1) is 0 Å². The van der Waals surface area contributed by atoms with Crippen molar-refractivity contribution in [2.75, 3.05) is 6.61 Å². The molecule has 1 atom stereocenters. The van der Waals surface area contributed by atoms with Gasteiger partial charge in [0.1, 0.15) is 0 Å². The Bertz CT molecular complexity index is 339. The fourth-order valence-electron chi connectivity index (χ4n) is 3.14. The Kier molecular flexibility index (Phi) is 20.8. The second kappa shape index (κ2) is 21.5. The first-order chi connectivity index (χ1) is 13.2. The van der Waals surface area contributed by atoms with Gasteiger partial charge < -0.3 is 9.84 Å². The molecule has 0 aliphatic heterocycles. The van der Waals surface area contributed by atoms with Crippen LogP contribution in [0.1, 0.15) is 123 Å². The second-order valence-electron chi connectivity index (χ2n) is 7.80. The summed E-state index contributed by atoms with van der Waals surface area (Å²) in [5, 5.41) is 9.90. The minimum absolute atomic E-state index is 0.0253. The van der Waals surface area contributed by atoms with Crippen molar-refractivity contribution in [3.05, 3.63) is 12.2 Å². The molecule has 0 aromatic carbocycles. The van der Waals surface area contributed by atoms with E-state index in [1.807, 2.05) is 0 Å². The van der Waals surface area contributed by atoms with Crippen molar-refractivity contribution >= 4 is 5.97 Å². The molecule has 27 heavy (non-hydrogen) atoms. The van der Waals surface area contributed by atoms with E-state index in [9.17, 15) is 9.90 Å². The maximum absolute atomic E-state index is 11.6. The predicted octanol–water partition coefficient (Wildman–Crippen LogP) is 7.12. The molecule has 160 valence electrons. The van der Waals surface area contributed by atoms with Crippen molar-refractivity contribution in [2.24, 2.45) is 0 Å². The Morgan fingerprint density at radius 2 is 1.44 bits per heavy atom. The van der Waals surface area contributed by atoms with Crippen LogP contribution in [-0.4, -0.2) is 23.8 Å². The van der Waals surface area contributed by atoms with Crippen LogP contribution in [0.4, 0.5) is 0 Å². The Labute approximate surface area is 169 Å². The third-order valence-corrected chi connectivity index (χ3v) is 4.98. The van der Waals surface area contributed by atoms with Crippen molar-refractivity contribution in [2.45, 2.75) is 129 Å². The number of aliphatic hydroxyl groups excluding tert-OH is 1. The molecule has 0 aromatic heterocycles. The van der Waals surface area contributed by atoms with E-state index >= 15 is 0 Å². The van der Waals surface area contributed by atoms with Crippen LogP contribution in [0.3, 0.4) is 0 Å². The molecule has 3 heteroatoms. The molecule has 3 nitrogen and oxygen atoms in total. The van der Waals surface area contributed by atoms with Crippen molar-refractivity contribution in [1.29, 1.82) is 0 Å². The van der Waals surface area contributed by atoms with E-state index in [1.165, 1.54) is 51.4 Å². The lowest BCUT2D eigenvalue weighted by atomic mass is 10.1. The number of carbonyl (C=O) groups is 1. The van der Waals surface area contributed by atoms with E-state index in [4.69, 9.17) is 4.74 Å². The van der Waals surface area contributed by atoms with Gasteiger partial charge in [0.15, 0.2) is 0 Å². The molecule has 0 radical (unpaired) electrons. The molecule has 0 heterocycles. The molecule has 0 amide bonds. The highest BCUT2D eigenvalue weighted by molar-refractivity contribution is 5.69. The zero-order valence-corrected chi connectivity index (χ0v) is 18.2. The van der Waals surface area contributed by atoms with Gasteiger partial charge in [-0.1, -0.05) is 90.2 Å². The first-order valence-electron chi connectivity index (χ1n) is 11.7. The van der Waals surface area contributed by atoms with Gasteiger partial charge in [0.05, 0.1) is 12.7 Å². The molecule has 0 unspecified atom stereocenters. The molecule has 0 spiro atoms. The topological polar surface area (TPSA) is 46.5 Å². The lowest BCUT2D eigenvalue weighted by Gasteiger charge is -2.07. The van der Waals surface area contributed by atoms with Crippen molar-refractivity contribution in [3.8, 4) is 0 Å². The maximum atomic E-state index is 11.6. The minimum atomic E-state index is -0.162. The summed E-state index contributed by atoms with van der Waals surface area (Å²) in [6.45, 7) is 4.99. The number of hydrogen-bond acceptors (Lipinski definition) is 3. The average Bonchev–Trinajstić information content (AvgIpc) is 2.66. The largest absolute Gasteiger partial charge is 0.466 e. The fourth-order valence-corrected chi connectivity index (χ4v) is 3.14. The zero-order valence-electron chi connectivity index (χ0n) is 18.2. The quantitative estimate of drug-likeness (QED) is 0.138. The van der Waals surface area contributed by atoms with Crippen LogP contribution in [-0.2, 0) is 9.53 Å². The van der Waals surface area contributed by atoms with Gasteiger partial charge in [-0.3, -0.25) is 4.79 Å². The summed E-state index contributed by atoms with van der Waals surface area (Å²) in [6, 6.07) is 0. The lowest BCUT2D eigenvalue weighted by Crippen LogP contribution is -2.05. The van der Waals surface area contributed by atoms with E-state index in [0.717, 1.165) is 51.4 Å². The molecule has 0 saturated carbocycles.